The molecule has 0 spiro atoms. The fourth-order valence-corrected chi connectivity index (χ4v) is 3.59. The number of carbonyl (C=O) groups is 2. The Balaban J connectivity index is 1.99. The van der Waals surface area contributed by atoms with Crippen LogP contribution in [0.1, 0.15) is 46.5 Å². The van der Waals surface area contributed by atoms with Gasteiger partial charge in [-0.15, -0.1) is 0 Å². The summed E-state index contributed by atoms with van der Waals surface area (Å²) in [7, 11) is 1.84. The van der Waals surface area contributed by atoms with Crippen molar-refractivity contribution in [2.75, 3.05) is 7.05 Å². The van der Waals surface area contributed by atoms with Gasteiger partial charge in [-0.25, -0.2) is 0 Å². The quantitative estimate of drug-likeness (QED) is 0.854. The summed E-state index contributed by atoms with van der Waals surface area (Å²) in [5.74, 6) is -0.908. The lowest BCUT2D eigenvalue weighted by Crippen LogP contribution is -2.41. The lowest BCUT2D eigenvalue weighted by Gasteiger charge is -2.34. The minimum Gasteiger partial charge on any atom is -0.481 e. The molecule has 0 aromatic heterocycles. The molecule has 1 N–H and O–H groups in total. The first-order valence-electron chi connectivity index (χ1n) is 7.26. The molecule has 4 heteroatoms. The van der Waals surface area contributed by atoms with Crippen molar-refractivity contribution >= 4 is 11.9 Å². The van der Waals surface area contributed by atoms with Gasteiger partial charge in [0, 0.05) is 13.1 Å². The molecule has 2 aliphatic carbocycles. The van der Waals surface area contributed by atoms with E-state index in [2.05, 4.69) is 6.92 Å². The second kappa shape index (κ2) is 4.80. The van der Waals surface area contributed by atoms with E-state index in [0.717, 1.165) is 18.8 Å². The molecule has 108 valence electrons. The van der Waals surface area contributed by atoms with Crippen LogP contribution in [-0.2, 0) is 9.59 Å². The Hall–Kier alpha value is -1.06. The second-order valence-corrected chi connectivity index (χ2v) is 6.98. The summed E-state index contributed by atoms with van der Waals surface area (Å²) in [6, 6.07) is 0.301. The molecule has 2 fully saturated rings. The molecule has 0 bridgehead atoms. The molecule has 0 aromatic rings. The van der Waals surface area contributed by atoms with E-state index in [9.17, 15) is 9.59 Å². The maximum Gasteiger partial charge on any atom is 0.307 e. The first-order chi connectivity index (χ1) is 8.76. The van der Waals surface area contributed by atoms with Crippen molar-refractivity contribution in [3.05, 3.63) is 0 Å². The summed E-state index contributed by atoms with van der Waals surface area (Å²) < 4.78 is 0. The molecule has 2 unspecified atom stereocenters. The van der Waals surface area contributed by atoms with Gasteiger partial charge in [-0.3, -0.25) is 9.59 Å². The Kier molecular flexibility index (Phi) is 3.63. The molecular weight excluding hydrogens is 242 g/mol. The fraction of sp³-hybridized carbons (Fsp3) is 0.867. The summed E-state index contributed by atoms with van der Waals surface area (Å²) in [5.41, 5.74) is -0.390. The molecule has 4 nitrogen and oxygen atoms in total. The number of hydrogen-bond acceptors (Lipinski definition) is 2. The van der Waals surface area contributed by atoms with E-state index in [1.807, 2.05) is 25.8 Å². The van der Waals surface area contributed by atoms with E-state index in [4.69, 9.17) is 5.11 Å². The Morgan fingerprint density at radius 1 is 1.11 bits per heavy atom. The predicted molar refractivity (Wildman–Crippen MR) is 72.6 cm³/mol. The van der Waals surface area contributed by atoms with Crippen LogP contribution in [0, 0.1) is 23.2 Å². The molecule has 0 aliphatic heterocycles. The summed E-state index contributed by atoms with van der Waals surface area (Å²) in [6.07, 6.45) is 4.43. The molecular formula is C15H25NO3. The minimum absolute atomic E-state index is 0.0250. The average Bonchev–Trinajstić information content (AvgIpc) is 2.91. The van der Waals surface area contributed by atoms with E-state index >= 15 is 0 Å². The zero-order valence-corrected chi connectivity index (χ0v) is 12.3. The first-order valence-corrected chi connectivity index (χ1v) is 7.26. The maximum absolute atomic E-state index is 12.5. The standard InChI is InChI=1S/C15H25NO3/c1-9-5-7-10(8-6-9)16(4)13(17)11-12(14(18)19)15(11,2)3/h9-12H,5-8H2,1-4H3,(H,18,19). The Morgan fingerprint density at radius 2 is 1.63 bits per heavy atom. The van der Waals surface area contributed by atoms with Crippen molar-refractivity contribution in [1.29, 1.82) is 0 Å². The average molecular weight is 267 g/mol. The van der Waals surface area contributed by atoms with Crippen LogP contribution in [0.15, 0.2) is 0 Å². The third-order valence-corrected chi connectivity index (χ3v) is 5.24. The zero-order valence-electron chi connectivity index (χ0n) is 12.3. The van der Waals surface area contributed by atoms with Crippen LogP contribution in [-0.4, -0.2) is 35.0 Å². The van der Waals surface area contributed by atoms with Crippen molar-refractivity contribution < 1.29 is 14.7 Å². The van der Waals surface area contributed by atoms with Gasteiger partial charge in [-0.2, -0.15) is 0 Å². The van der Waals surface area contributed by atoms with Crippen LogP contribution in [0.5, 0.6) is 0 Å². The van der Waals surface area contributed by atoms with Gasteiger partial charge in [0.25, 0.3) is 0 Å². The van der Waals surface area contributed by atoms with Crippen LogP contribution in [0.25, 0.3) is 0 Å². The highest BCUT2D eigenvalue weighted by Crippen LogP contribution is 2.59. The number of nitrogens with zero attached hydrogens (tertiary/aromatic N) is 1. The fourth-order valence-electron chi connectivity index (χ4n) is 3.59. The molecule has 2 saturated carbocycles. The van der Waals surface area contributed by atoms with Crippen LogP contribution >= 0.6 is 0 Å². The lowest BCUT2D eigenvalue weighted by atomic mass is 9.86. The van der Waals surface area contributed by atoms with Gasteiger partial charge >= 0.3 is 5.97 Å². The molecule has 2 atom stereocenters. The number of hydrogen-bond donors (Lipinski definition) is 1. The Bertz CT molecular complexity index is 383. The van der Waals surface area contributed by atoms with Crippen molar-refractivity contribution in [1.82, 2.24) is 4.90 Å². The number of carboxylic acid groups (broad SMARTS) is 1. The van der Waals surface area contributed by atoms with Gasteiger partial charge in [0.1, 0.15) is 0 Å². The Morgan fingerprint density at radius 3 is 2.05 bits per heavy atom. The number of carboxylic acids is 1. The van der Waals surface area contributed by atoms with Gasteiger partial charge in [0.15, 0.2) is 0 Å². The van der Waals surface area contributed by atoms with Crippen LogP contribution < -0.4 is 0 Å². The van der Waals surface area contributed by atoms with E-state index < -0.39 is 11.9 Å². The summed E-state index contributed by atoms with van der Waals surface area (Å²) in [5, 5.41) is 9.16. The number of amides is 1. The summed E-state index contributed by atoms with van der Waals surface area (Å²) in [6.45, 7) is 6.01. The smallest absolute Gasteiger partial charge is 0.307 e. The van der Waals surface area contributed by atoms with Gasteiger partial charge < -0.3 is 10.0 Å². The van der Waals surface area contributed by atoms with E-state index in [0.29, 0.717) is 6.04 Å². The molecule has 19 heavy (non-hydrogen) atoms. The van der Waals surface area contributed by atoms with Gasteiger partial charge in [0.2, 0.25) is 5.91 Å². The first kappa shape index (κ1) is 14.4. The monoisotopic (exact) mass is 267 g/mol. The van der Waals surface area contributed by atoms with E-state index in [1.54, 1.807) is 0 Å². The molecule has 0 radical (unpaired) electrons. The van der Waals surface area contributed by atoms with Crippen LogP contribution in [0.2, 0.25) is 0 Å². The molecule has 2 aliphatic rings. The van der Waals surface area contributed by atoms with Gasteiger partial charge in [0.05, 0.1) is 11.8 Å². The number of carbonyl (C=O) groups excluding carboxylic acids is 1. The highest BCUT2D eigenvalue weighted by molar-refractivity contribution is 5.91. The molecule has 1 amide bonds. The molecule has 0 heterocycles. The molecule has 0 saturated heterocycles. The minimum atomic E-state index is -0.839. The van der Waals surface area contributed by atoms with Crippen molar-refractivity contribution in [2.24, 2.45) is 23.2 Å². The largest absolute Gasteiger partial charge is 0.481 e. The van der Waals surface area contributed by atoms with Crippen molar-refractivity contribution in [2.45, 2.75) is 52.5 Å². The highest BCUT2D eigenvalue weighted by Gasteiger charge is 2.66. The predicted octanol–water partition coefficient (Wildman–Crippen LogP) is 2.38. The van der Waals surface area contributed by atoms with Crippen LogP contribution in [0.4, 0.5) is 0 Å². The van der Waals surface area contributed by atoms with E-state index in [-0.39, 0.29) is 17.2 Å². The normalized spacial score (nSPS) is 36.6. The Labute approximate surface area is 115 Å². The third kappa shape index (κ3) is 2.49. The zero-order chi connectivity index (χ0) is 14.4. The molecule has 2 rings (SSSR count). The lowest BCUT2D eigenvalue weighted by molar-refractivity contribution is -0.142. The SMILES string of the molecule is CC1CCC(N(C)C(=O)C2C(C(=O)O)C2(C)C)CC1. The highest BCUT2D eigenvalue weighted by atomic mass is 16.4. The summed E-state index contributed by atoms with van der Waals surface area (Å²) in [4.78, 5) is 25.5. The van der Waals surface area contributed by atoms with E-state index in [1.165, 1.54) is 12.8 Å². The van der Waals surface area contributed by atoms with Crippen LogP contribution in [0.3, 0.4) is 0 Å². The van der Waals surface area contributed by atoms with Crippen molar-refractivity contribution in [3.8, 4) is 0 Å². The molecule has 0 aromatic carbocycles. The maximum atomic E-state index is 12.5. The second-order valence-electron chi connectivity index (χ2n) is 6.98. The van der Waals surface area contributed by atoms with Gasteiger partial charge in [-0.05, 0) is 37.0 Å². The topological polar surface area (TPSA) is 57.6 Å². The van der Waals surface area contributed by atoms with Crippen molar-refractivity contribution in [3.63, 3.8) is 0 Å². The van der Waals surface area contributed by atoms with Gasteiger partial charge in [-0.1, -0.05) is 20.8 Å². The summed E-state index contributed by atoms with van der Waals surface area (Å²) >= 11 is 0. The number of rotatable bonds is 3. The number of aliphatic carboxylic acids is 1. The third-order valence-electron chi connectivity index (χ3n) is 5.24.